The van der Waals surface area contributed by atoms with Crippen molar-refractivity contribution in [2.24, 2.45) is 5.73 Å². The van der Waals surface area contributed by atoms with Gasteiger partial charge in [0, 0.05) is 11.1 Å². The van der Waals surface area contributed by atoms with Crippen molar-refractivity contribution in [1.29, 1.82) is 0 Å². The van der Waals surface area contributed by atoms with Crippen LogP contribution in [-0.2, 0) is 6.42 Å². The summed E-state index contributed by atoms with van der Waals surface area (Å²) in [4.78, 5) is 0. The molecule has 1 aliphatic rings. The minimum absolute atomic E-state index is 0.0564. The summed E-state index contributed by atoms with van der Waals surface area (Å²) >= 11 is 0. The zero-order chi connectivity index (χ0) is 11.9. The molecule has 0 atom stereocenters. The van der Waals surface area contributed by atoms with E-state index in [1.165, 1.54) is 6.07 Å². The van der Waals surface area contributed by atoms with E-state index >= 15 is 0 Å². The molecule has 0 amide bonds. The monoisotopic (exact) mass is 223 g/mol. The fourth-order valence-corrected chi connectivity index (χ4v) is 2.02. The number of phenolic OH excluding ortho intramolecular Hbond substituents is 1. The fourth-order valence-electron chi connectivity index (χ4n) is 2.02. The normalized spacial score (nSPS) is 17.5. The number of phenols is 1. The highest BCUT2D eigenvalue weighted by atomic mass is 19.1. The van der Waals surface area contributed by atoms with E-state index in [9.17, 15) is 9.50 Å². The van der Waals surface area contributed by atoms with Crippen molar-refractivity contribution in [3.05, 3.63) is 28.6 Å². The summed E-state index contributed by atoms with van der Waals surface area (Å²) in [5.41, 5.74) is 7.80. The molecular formula is C13H18FNO. The topological polar surface area (TPSA) is 46.2 Å². The van der Waals surface area contributed by atoms with Crippen molar-refractivity contribution in [3.63, 3.8) is 0 Å². The molecule has 0 heterocycles. The predicted octanol–water partition coefficient (Wildman–Crippen LogP) is 2.57. The summed E-state index contributed by atoms with van der Waals surface area (Å²) in [7, 11) is 0. The van der Waals surface area contributed by atoms with E-state index in [1.54, 1.807) is 13.8 Å². The molecule has 1 aromatic carbocycles. The Labute approximate surface area is 95.3 Å². The van der Waals surface area contributed by atoms with Crippen molar-refractivity contribution < 1.29 is 9.50 Å². The molecule has 1 aliphatic carbocycles. The Morgan fingerprint density at radius 1 is 1.44 bits per heavy atom. The summed E-state index contributed by atoms with van der Waals surface area (Å²) in [6.07, 6.45) is 3.57. The standard InChI is InChI=1S/C13H18FNO/c1-8-7-11(14)9(2)10(12(8)16)3-4-13(15)5-6-13/h7,16H,3-6,15H2,1-2H3. The maximum absolute atomic E-state index is 13.5. The third kappa shape index (κ3) is 2.05. The lowest BCUT2D eigenvalue weighted by Crippen LogP contribution is -2.22. The molecule has 0 unspecified atom stereocenters. The van der Waals surface area contributed by atoms with Crippen molar-refractivity contribution in [2.75, 3.05) is 0 Å². The summed E-state index contributed by atoms with van der Waals surface area (Å²) in [5.74, 6) is -0.0182. The summed E-state index contributed by atoms with van der Waals surface area (Å²) < 4.78 is 13.5. The van der Waals surface area contributed by atoms with Gasteiger partial charge in [0.2, 0.25) is 0 Å². The summed E-state index contributed by atoms with van der Waals surface area (Å²) in [6, 6.07) is 1.38. The lowest BCUT2D eigenvalue weighted by Gasteiger charge is -2.14. The van der Waals surface area contributed by atoms with Gasteiger partial charge < -0.3 is 10.8 Å². The molecule has 0 spiro atoms. The van der Waals surface area contributed by atoms with Gasteiger partial charge >= 0.3 is 0 Å². The molecule has 2 nitrogen and oxygen atoms in total. The van der Waals surface area contributed by atoms with Gasteiger partial charge in [0.25, 0.3) is 0 Å². The van der Waals surface area contributed by atoms with Crippen LogP contribution in [0.4, 0.5) is 4.39 Å². The molecule has 0 saturated heterocycles. The fraction of sp³-hybridized carbons (Fsp3) is 0.538. The van der Waals surface area contributed by atoms with E-state index in [-0.39, 0.29) is 17.1 Å². The largest absolute Gasteiger partial charge is 0.507 e. The van der Waals surface area contributed by atoms with Gasteiger partial charge in [-0.25, -0.2) is 4.39 Å². The molecule has 0 aromatic heterocycles. The van der Waals surface area contributed by atoms with Gasteiger partial charge in [-0.05, 0) is 56.7 Å². The first-order valence-electron chi connectivity index (χ1n) is 5.69. The van der Waals surface area contributed by atoms with Crippen LogP contribution in [0.5, 0.6) is 5.75 Å². The second-order valence-corrected chi connectivity index (χ2v) is 4.99. The van der Waals surface area contributed by atoms with Gasteiger partial charge in [-0.3, -0.25) is 0 Å². The van der Waals surface area contributed by atoms with Crippen LogP contribution in [0.2, 0.25) is 0 Å². The highest BCUT2D eigenvalue weighted by molar-refractivity contribution is 5.45. The third-order valence-corrected chi connectivity index (χ3v) is 3.58. The van der Waals surface area contributed by atoms with Crippen LogP contribution in [0.3, 0.4) is 0 Å². The number of nitrogens with two attached hydrogens (primary N) is 1. The quantitative estimate of drug-likeness (QED) is 0.827. The van der Waals surface area contributed by atoms with Crippen LogP contribution in [0.1, 0.15) is 36.0 Å². The summed E-state index contributed by atoms with van der Waals surface area (Å²) in [6.45, 7) is 3.43. The minimum atomic E-state index is -0.243. The second-order valence-electron chi connectivity index (χ2n) is 4.99. The Kier molecular flexibility index (Phi) is 2.66. The van der Waals surface area contributed by atoms with Crippen molar-refractivity contribution in [3.8, 4) is 5.75 Å². The zero-order valence-electron chi connectivity index (χ0n) is 9.81. The zero-order valence-corrected chi connectivity index (χ0v) is 9.81. The van der Waals surface area contributed by atoms with Gasteiger partial charge in [-0.2, -0.15) is 0 Å². The molecule has 0 bridgehead atoms. The maximum atomic E-state index is 13.5. The van der Waals surface area contributed by atoms with E-state index in [4.69, 9.17) is 5.73 Å². The Morgan fingerprint density at radius 3 is 2.62 bits per heavy atom. The lowest BCUT2D eigenvalue weighted by molar-refractivity contribution is 0.455. The molecular weight excluding hydrogens is 205 g/mol. The first-order chi connectivity index (χ1) is 7.43. The van der Waals surface area contributed by atoms with Gasteiger partial charge in [0.05, 0.1) is 0 Å². The maximum Gasteiger partial charge on any atom is 0.126 e. The molecule has 88 valence electrons. The second kappa shape index (κ2) is 3.74. The molecule has 0 radical (unpaired) electrons. The van der Waals surface area contributed by atoms with Crippen LogP contribution >= 0.6 is 0 Å². The molecule has 16 heavy (non-hydrogen) atoms. The molecule has 1 aromatic rings. The Hall–Kier alpha value is -1.09. The lowest BCUT2D eigenvalue weighted by atomic mass is 9.96. The highest BCUT2D eigenvalue weighted by Gasteiger charge is 2.37. The number of halogens is 1. The minimum Gasteiger partial charge on any atom is -0.507 e. The average molecular weight is 223 g/mol. The molecule has 3 N–H and O–H groups in total. The highest BCUT2D eigenvalue weighted by Crippen LogP contribution is 2.38. The third-order valence-electron chi connectivity index (χ3n) is 3.58. The number of benzene rings is 1. The molecule has 0 aliphatic heterocycles. The van der Waals surface area contributed by atoms with Gasteiger partial charge in [-0.15, -0.1) is 0 Å². The van der Waals surface area contributed by atoms with Crippen LogP contribution in [-0.4, -0.2) is 10.6 Å². The van der Waals surface area contributed by atoms with Crippen LogP contribution in [0, 0.1) is 19.7 Å². The van der Waals surface area contributed by atoms with E-state index in [1.807, 2.05) is 0 Å². The van der Waals surface area contributed by atoms with E-state index in [2.05, 4.69) is 0 Å². The van der Waals surface area contributed by atoms with E-state index in [0.29, 0.717) is 23.1 Å². The number of hydrogen-bond donors (Lipinski definition) is 2. The van der Waals surface area contributed by atoms with Crippen LogP contribution in [0.15, 0.2) is 6.07 Å². The first-order valence-corrected chi connectivity index (χ1v) is 5.69. The number of aryl methyl sites for hydroxylation is 1. The van der Waals surface area contributed by atoms with Crippen molar-refractivity contribution >= 4 is 0 Å². The van der Waals surface area contributed by atoms with Gasteiger partial charge in [0.15, 0.2) is 0 Å². The smallest absolute Gasteiger partial charge is 0.126 e. The van der Waals surface area contributed by atoms with Crippen LogP contribution < -0.4 is 5.73 Å². The van der Waals surface area contributed by atoms with Gasteiger partial charge in [0.1, 0.15) is 11.6 Å². The number of hydrogen-bond acceptors (Lipinski definition) is 2. The Bertz CT molecular complexity index is 398. The Balaban J connectivity index is 2.24. The summed E-state index contributed by atoms with van der Waals surface area (Å²) in [5, 5.41) is 9.91. The number of aromatic hydroxyl groups is 1. The van der Waals surface area contributed by atoms with Crippen molar-refractivity contribution in [2.45, 2.75) is 45.1 Å². The number of rotatable bonds is 3. The molecule has 3 heteroatoms. The molecule has 1 fully saturated rings. The first kappa shape index (κ1) is 11.4. The van der Waals surface area contributed by atoms with E-state index in [0.717, 1.165) is 19.3 Å². The molecule has 1 saturated carbocycles. The molecule has 2 rings (SSSR count). The van der Waals surface area contributed by atoms with Crippen LogP contribution in [0.25, 0.3) is 0 Å². The average Bonchev–Trinajstić information content (AvgIpc) is 2.94. The Morgan fingerprint density at radius 2 is 2.06 bits per heavy atom. The van der Waals surface area contributed by atoms with Crippen molar-refractivity contribution in [1.82, 2.24) is 0 Å². The van der Waals surface area contributed by atoms with Gasteiger partial charge in [-0.1, -0.05) is 0 Å². The predicted molar refractivity (Wildman–Crippen MR) is 62.0 cm³/mol. The SMILES string of the molecule is Cc1cc(F)c(C)c(CCC2(N)CC2)c1O. The van der Waals surface area contributed by atoms with E-state index < -0.39 is 0 Å².